The van der Waals surface area contributed by atoms with Gasteiger partial charge >= 0.3 is 12.1 Å². The third kappa shape index (κ3) is 2.89. The predicted molar refractivity (Wildman–Crippen MR) is 70.0 cm³/mol. The maximum absolute atomic E-state index is 12.9. The monoisotopic (exact) mass is 317 g/mol. The van der Waals surface area contributed by atoms with Gasteiger partial charge in [-0.25, -0.2) is 9.78 Å². The molecule has 1 saturated heterocycles. The number of pyridine rings is 1. The number of nitrogens with two attached hydrogens (primary N) is 1. The van der Waals surface area contributed by atoms with Crippen molar-refractivity contribution >= 4 is 17.7 Å². The van der Waals surface area contributed by atoms with Gasteiger partial charge in [0, 0.05) is 18.0 Å². The number of hydrogen-bond donors (Lipinski definition) is 2. The van der Waals surface area contributed by atoms with Gasteiger partial charge in [-0.2, -0.15) is 13.2 Å². The van der Waals surface area contributed by atoms with E-state index in [-0.39, 0.29) is 24.5 Å². The maximum Gasteiger partial charge on any atom is 0.416 e. The van der Waals surface area contributed by atoms with Crippen molar-refractivity contribution in [2.24, 2.45) is 11.7 Å². The first-order valence-corrected chi connectivity index (χ1v) is 6.46. The highest BCUT2D eigenvalue weighted by Gasteiger charge is 2.45. The molecule has 0 saturated carbocycles. The molecule has 1 aromatic heterocycles. The molecule has 2 rings (SSSR count). The molecule has 22 heavy (non-hydrogen) atoms. The Bertz CT molecular complexity index is 618. The van der Waals surface area contributed by atoms with E-state index >= 15 is 0 Å². The largest absolute Gasteiger partial charge is 0.480 e. The van der Waals surface area contributed by atoms with Crippen LogP contribution in [0.15, 0.2) is 12.1 Å². The molecule has 0 spiro atoms. The van der Waals surface area contributed by atoms with E-state index in [0.29, 0.717) is 6.07 Å². The smallest absolute Gasteiger partial charge is 0.416 e. The first-order chi connectivity index (χ1) is 10.1. The zero-order valence-corrected chi connectivity index (χ0v) is 11.6. The molecule has 1 aromatic rings. The lowest BCUT2D eigenvalue weighted by atomic mass is 10.0. The number of carboxylic acid groups (broad SMARTS) is 1. The number of hydrogen-bond acceptors (Lipinski definition) is 4. The number of carbonyl (C=O) groups is 2. The third-order valence-electron chi connectivity index (χ3n) is 3.50. The fourth-order valence-corrected chi connectivity index (χ4v) is 2.53. The minimum Gasteiger partial charge on any atom is -0.480 e. The molecule has 2 heterocycles. The third-order valence-corrected chi connectivity index (χ3v) is 3.50. The van der Waals surface area contributed by atoms with Crippen LogP contribution in [0, 0.1) is 12.8 Å². The molecule has 0 radical (unpaired) electrons. The summed E-state index contributed by atoms with van der Waals surface area (Å²) >= 11 is 0. The van der Waals surface area contributed by atoms with Crippen molar-refractivity contribution in [1.29, 1.82) is 0 Å². The van der Waals surface area contributed by atoms with E-state index in [0.717, 1.165) is 11.0 Å². The van der Waals surface area contributed by atoms with Crippen LogP contribution in [0.3, 0.4) is 0 Å². The average Bonchev–Trinajstić information content (AvgIpc) is 2.74. The topological polar surface area (TPSA) is 96.5 Å². The number of nitrogens with zero attached hydrogens (tertiary/aromatic N) is 2. The zero-order chi connectivity index (χ0) is 16.7. The second kappa shape index (κ2) is 5.56. The van der Waals surface area contributed by atoms with Gasteiger partial charge in [0.2, 0.25) is 5.91 Å². The summed E-state index contributed by atoms with van der Waals surface area (Å²) in [5.41, 5.74) is 4.51. The van der Waals surface area contributed by atoms with Crippen LogP contribution < -0.4 is 10.6 Å². The summed E-state index contributed by atoms with van der Waals surface area (Å²) in [5, 5.41) is 9.26. The SMILES string of the molecule is Cc1cc(C(F)(F)F)cc(N2C(=O)C[C@H](CN)[C@H]2C(=O)O)n1. The highest BCUT2D eigenvalue weighted by molar-refractivity contribution is 6.02. The van der Waals surface area contributed by atoms with E-state index in [1.807, 2.05) is 0 Å². The van der Waals surface area contributed by atoms with E-state index in [2.05, 4.69) is 4.98 Å². The first kappa shape index (κ1) is 16.2. The van der Waals surface area contributed by atoms with Crippen molar-refractivity contribution in [3.63, 3.8) is 0 Å². The number of halogens is 3. The molecular formula is C13H14F3N3O3. The van der Waals surface area contributed by atoms with Gasteiger partial charge in [-0.15, -0.1) is 0 Å². The van der Waals surface area contributed by atoms with E-state index < -0.39 is 35.6 Å². The number of aliphatic carboxylic acids is 1. The Morgan fingerprint density at radius 1 is 1.50 bits per heavy atom. The molecular weight excluding hydrogens is 303 g/mol. The van der Waals surface area contributed by atoms with Crippen LogP contribution in [0.4, 0.5) is 19.0 Å². The molecule has 2 atom stereocenters. The summed E-state index contributed by atoms with van der Waals surface area (Å²) in [7, 11) is 0. The van der Waals surface area contributed by atoms with Crippen LogP contribution >= 0.6 is 0 Å². The Labute approximate surface area is 123 Å². The summed E-state index contributed by atoms with van der Waals surface area (Å²) in [4.78, 5) is 28.1. The number of anilines is 1. The van der Waals surface area contributed by atoms with Crippen LogP contribution in [-0.2, 0) is 15.8 Å². The average molecular weight is 317 g/mol. The highest BCUT2D eigenvalue weighted by atomic mass is 19.4. The first-order valence-electron chi connectivity index (χ1n) is 6.46. The Kier molecular flexibility index (Phi) is 4.10. The summed E-state index contributed by atoms with van der Waals surface area (Å²) in [6, 6.07) is 0.202. The standard InChI is InChI=1S/C13H14F3N3O3/c1-6-2-8(13(14,15)16)4-9(18-6)19-10(20)3-7(5-17)11(19)12(21)22/h2,4,7,11H,3,5,17H2,1H3,(H,21,22)/t7-,11+/m1/s1. The van der Waals surface area contributed by atoms with Crippen molar-refractivity contribution in [2.75, 3.05) is 11.4 Å². The molecule has 1 amide bonds. The molecule has 120 valence electrons. The van der Waals surface area contributed by atoms with Crippen molar-refractivity contribution < 1.29 is 27.9 Å². The lowest BCUT2D eigenvalue weighted by molar-refractivity contribution is -0.139. The van der Waals surface area contributed by atoms with Gasteiger partial charge < -0.3 is 10.8 Å². The Balaban J connectivity index is 2.52. The molecule has 3 N–H and O–H groups in total. The normalized spacial score (nSPS) is 22.2. The summed E-state index contributed by atoms with van der Waals surface area (Å²) in [6.07, 6.45) is -4.75. The molecule has 0 aliphatic carbocycles. The van der Waals surface area contributed by atoms with Crippen LogP contribution in [0.25, 0.3) is 0 Å². The molecule has 9 heteroatoms. The number of amides is 1. The van der Waals surface area contributed by atoms with Crippen molar-refractivity contribution in [3.05, 3.63) is 23.4 Å². The van der Waals surface area contributed by atoms with Gasteiger partial charge in [-0.3, -0.25) is 9.69 Å². The summed E-state index contributed by atoms with van der Waals surface area (Å²) in [6.45, 7) is 1.28. The van der Waals surface area contributed by atoms with Crippen molar-refractivity contribution in [2.45, 2.75) is 25.6 Å². The summed E-state index contributed by atoms with van der Waals surface area (Å²) < 4.78 is 38.6. The van der Waals surface area contributed by atoms with Gasteiger partial charge in [-0.1, -0.05) is 0 Å². The Hall–Kier alpha value is -2.16. The quantitative estimate of drug-likeness (QED) is 0.872. The van der Waals surface area contributed by atoms with Crippen molar-refractivity contribution in [1.82, 2.24) is 4.98 Å². The highest BCUT2D eigenvalue weighted by Crippen LogP contribution is 2.35. The fraction of sp³-hybridized carbons (Fsp3) is 0.462. The lowest BCUT2D eigenvalue weighted by Gasteiger charge is -2.24. The number of carboxylic acids is 1. The van der Waals surface area contributed by atoms with Crippen LogP contribution in [0.2, 0.25) is 0 Å². The van der Waals surface area contributed by atoms with Crippen LogP contribution in [0.1, 0.15) is 17.7 Å². The zero-order valence-electron chi connectivity index (χ0n) is 11.6. The van der Waals surface area contributed by atoms with Crippen LogP contribution in [-0.4, -0.2) is 34.6 Å². The molecule has 0 aromatic carbocycles. The molecule has 0 unspecified atom stereocenters. The Morgan fingerprint density at radius 3 is 2.64 bits per heavy atom. The number of alkyl halides is 3. The van der Waals surface area contributed by atoms with E-state index in [9.17, 15) is 27.9 Å². The molecule has 1 aliphatic rings. The second-order valence-electron chi connectivity index (χ2n) is 5.10. The number of rotatable bonds is 3. The number of carbonyl (C=O) groups excluding carboxylic acids is 1. The fourth-order valence-electron chi connectivity index (χ4n) is 2.53. The second-order valence-corrected chi connectivity index (χ2v) is 5.10. The van der Waals surface area contributed by atoms with E-state index in [1.54, 1.807) is 0 Å². The van der Waals surface area contributed by atoms with Gasteiger partial charge in [0.15, 0.2) is 0 Å². The number of aryl methyl sites for hydroxylation is 1. The van der Waals surface area contributed by atoms with Gasteiger partial charge in [0.25, 0.3) is 0 Å². The lowest BCUT2D eigenvalue weighted by Crippen LogP contribution is -2.43. The molecule has 1 fully saturated rings. The van der Waals surface area contributed by atoms with Crippen molar-refractivity contribution in [3.8, 4) is 0 Å². The van der Waals surface area contributed by atoms with Gasteiger partial charge in [0.05, 0.1) is 5.56 Å². The number of aromatic nitrogens is 1. The van der Waals surface area contributed by atoms with Gasteiger partial charge in [0.1, 0.15) is 11.9 Å². The Morgan fingerprint density at radius 2 is 2.14 bits per heavy atom. The minimum atomic E-state index is -4.61. The predicted octanol–water partition coefficient (Wildman–Crippen LogP) is 1.17. The van der Waals surface area contributed by atoms with E-state index in [1.165, 1.54) is 6.92 Å². The maximum atomic E-state index is 12.9. The minimum absolute atomic E-state index is 0.0398. The van der Waals surface area contributed by atoms with Crippen LogP contribution in [0.5, 0.6) is 0 Å². The van der Waals surface area contributed by atoms with Gasteiger partial charge in [-0.05, 0) is 25.6 Å². The molecule has 6 nitrogen and oxygen atoms in total. The molecule has 1 aliphatic heterocycles. The van der Waals surface area contributed by atoms with E-state index in [4.69, 9.17) is 5.73 Å². The molecule has 0 bridgehead atoms. The summed E-state index contributed by atoms with van der Waals surface area (Å²) in [5.74, 6) is -2.91.